The summed E-state index contributed by atoms with van der Waals surface area (Å²) in [4.78, 5) is 7.03. The highest BCUT2D eigenvalue weighted by Crippen LogP contribution is 2.53. The lowest BCUT2D eigenvalue weighted by atomic mass is 9.63. The Hall–Kier alpha value is -1.84. The molecule has 38 heavy (non-hydrogen) atoms. The summed E-state index contributed by atoms with van der Waals surface area (Å²) >= 11 is 0. The number of piperidine rings is 1. The Bertz CT molecular complexity index is 999. The molecule has 0 aromatic heterocycles. The van der Waals surface area contributed by atoms with E-state index in [2.05, 4.69) is 53.8 Å². The third kappa shape index (κ3) is 4.73. The van der Waals surface area contributed by atoms with Crippen molar-refractivity contribution in [1.82, 2.24) is 14.7 Å². The highest BCUT2D eigenvalue weighted by Gasteiger charge is 2.57. The molecule has 3 unspecified atom stereocenters. The predicted molar refractivity (Wildman–Crippen MR) is 147 cm³/mol. The predicted octanol–water partition coefficient (Wildman–Crippen LogP) is 3.54. The van der Waals surface area contributed by atoms with Crippen LogP contribution in [0.1, 0.15) is 45.1 Å². The Morgan fingerprint density at radius 1 is 0.947 bits per heavy atom. The number of allylic oxidation sites excluding steroid dienone is 1. The van der Waals surface area contributed by atoms with Gasteiger partial charge < -0.3 is 29.0 Å². The molecule has 0 radical (unpaired) electrons. The summed E-state index contributed by atoms with van der Waals surface area (Å²) in [7, 11) is 9.14. The zero-order valence-electron chi connectivity index (χ0n) is 24.3. The van der Waals surface area contributed by atoms with Crippen LogP contribution in [0.5, 0.6) is 11.5 Å². The zero-order chi connectivity index (χ0) is 27.2. The third-order valence-electron chi connectivity index (χ3n) is 9.99. The second-order valence-electron chi connectivity index (χ2n) is 12.4. The molecule has 4 aliphatic rings. The van der Waals surface area contributed by atoms with Crippen LogP contribution in [0, 0.1) is 17.3 Å². The summed E-state index contributed by atoms with van der Waals surface area (Å²) in [6.07, 6.45) is 6.11. The number of methoxy groups -OCH3 is 4. The quantitative estimate of drug-likeness (QED) is 0.600. The molecule has 1 saturated carbocycles. The Morgan fingerprint density at radius 3 is 2.18 bits per heavy atom. The molecule has 1 aromatic carbocycles. The lowest BCUT2D eigenvalue weighted by Gasteiger charge is -2.47. The molecule has 3 aliphatic heterocycles. The summed E-state index contributed by atoms with van der Waals surface area (Å²) in [5.74, 6) is 2.41. The van der Waals surface area contributed by atoms with Crippen molar-refractivity contribution in [3.8, 4) is 11.5 Å². The molecular weight excluding hydrogens is 482 g/mol. The number of nitrogens with zero attached hydrogens (tertiary/aromatic N) is 3. The van der Waals surface area contributed by atoms with E-state index in [-0.39, 0.29) is 23.2 Å². The maximum absolute atomic E-state index is 11.6. The molecule has 5 atom stereocenters. The summed E-state index contributed by atoms with van der Waals surface area (Å²) in [6, 6.07) is 6.11. The summed E-state index contributed by atoms with van der Waals surface area (Å²) in [6.45, 7) is 8.33. The maximum Gasteiger partial charge on any atom is 0.186 e. The molecule has 1 spiro atoms. The minimum atomic E-state index is -0.617. The highest BCUT2D eigenvalue weighted by atomic mass is 16.5. The molecule has 3 heterocycles. The Morgan fingerprint density at radius 2 is 1.61 bits per heavy atom. The first-order valence-electron chi connectivity index (χ1n) is 14.1. The molecule has 1 aromatic rings. The van der Waals surface area contributed by atoms with Crippen molar-refractivity contribution < 1.29 is 24.1 Å². The van der Waals surface area contributed by atoms with Crippen molar-refractivity contribution >= 4 is 0 Å². The van der Waals surface area contributed by atoms with Gasteiger partial charge in [0.05, 0.1) is 32.0 Å². The summed E-state index contributed by atoms with van der Waals surface area (Å²) in [5, 5.41) is 11.6. The molecule has 5 rings (SSSR count). The van der Waals surface area contributed by atoms with Gasteiger partial charge in [-0.2, -0.15) is 0 Å². The van der Waals surface area contributed by atoms with Gasteiger partial charge in [0.2, 0.25) is 0 Å². The van der Waals surface area contributed by atoms with Gasteiger partial charge in [0.15, 0.2) is 6.35 Å². The van der Waals surface area contributed by atoms with Crippen molar-refractivity contribution in [3.63, 3.8) is 0 Å². The van der Waals surface area contributed by atoms with Gasteiger partial charge in [-0.05, 0) is 61.3 Å². The van der Waals surface area contributed by atoms with Crippen LogP contribution in [-0.4, -0.2) is 99.0 Å². The number of rotatable bonds is 6. The van der Waals surface area contributed by atoms with Gasteiger partial charge in [-0.25, -0.2) is 0 Å². The first-order valence-corrected chi connectivity index (χ1v) is 14.1. The number of likely N-dealkylation sites (N-methyl/N-ethyl adjacent to an activating group) is 1. The SMILES string of the molecule is COc1cc(CN2CCC3(CC2)C2=CC(C)(C)[C@@H]4C(CC(OC)C[C@@H]4OC)CN2C(O)N3C)cc(OC)c1. The molecule has 3 fully saturated rings. The van der Waals surface area contributed by atoms with Crippen LogP contribution in [0.3, 0.4) is 0 Å². The van der Waals surface area contributed by atoms with Crippen LogP contribution in [0.2, 0.25) is 0 Å². The molecule has 0 bridgehead atoms. The normalized spacial score (nSPS) is 32.9. The number of benzene rings is 1. The van der Waals surface area contributed by atoms with Crippen molar-refractivity contribution in [2.24, 2.45) is 17.3 Å². The molecular formula is C30H47N3O5. The van der Waals surface area contributed by atoms with E-state index in [1.54, 1.807) is 14.2 Å². The maximum atomic E-state index is 11.6. The molecule has 212 valence electrons. The van der Waals surface area contributed by atoms with Crippen molar-refractivity contribution in [2.45, 2.75) is 70.2 Å². The largest absolute Gasteiger partial charge is 0.497 e. The summed E-state index contributed by atoms with van der Waals surface area (Å²) in [5.41, 5.74) is 2.27. The standard InChI is InChI=1S/C30H47N3O5/c1-29(2)17-26-30(8-10-32(11-9-30)18-20-12-22(35-4)15-23(13-20)36-5)31(3)28(34)33(26)19-21-14-24(37-6)16-25(38-7)27(21)29/h12-13,15,17,21,24-25,27-28,34H,8-11,14,16,18-19H2,1-7H3/t21?,24?,25-,27+,28?/m0/s1. The van der Waals surface area contributed by atoms with Gasteiger partial charge in [0.25, 0.3) is 0 Å². The Labute approximate surface area is 228 Å². The number of aliphatic hydroxyl groups is 1. The van der Waals surface area contributed by atoms with Gasteiger partial charge in [-0.3, -0.25) is 9.80 Å². The third-order valence-corrected chi connectivity index (χ3v) is 9.99. The fraction of sp³-hybridized carbons (Fsp3) is 0.733. The average Bonchev–Trinajstić information content (AvgIpc) is 3.02. The van der Waals surface area contributed by atoms with E-state index in [0.29, 0.717) is 11.8 Å². The fourth-order valence-electron chi connectivity index (χ4n) is 8.02. The van der Waals surface area contributed by atoms with Crippen LogP contribution in [0.4, 0.5) is 0 Å². The minimum absolute atomic E-state index is 0.0552. The number of ether oxygens (including phenoxy) is 4. The molecule has 0 amide bonds. The van der Waals surface area contributed by atoms with Crippen LogP contribution in [0.25, 0.3) is 0 Å². The van der Waals surface area contributed by atoms with E-state index < -0.39 is 6.35 Å². The average molecular weight is 530 g/mol. The van der Waals surface area contributed by atoms with Crippen LogP contribution in [0.15, 0.2) is 30.0 Å². The second kappa shape index (κ2) is 10.6. The first-order chi connectivity index (χ1) is 18.1. The molecule has 1 aliphatic carbocycles. The summed E-state index contributed by atoms with van der Waals surface area (Å²) < 4.78 is 22.9. The van der Waals surface area contributed by atoms with Gasteiger partial charge >= 0.3 is 0 Å². The fourth-order valence-corrected chi connectivity index (χ4v) is 8.02. The molecule has 2 saturated heterocycles. The van der Waals surface area contributed by atoms with E-state index in [4.69, 9.17) is 18.9 Å². The van der Waals surface area contributed by atoms with Gasteiger partial charge in [-0.1, -0.05) is 19.9 Å². The van der Waals surface area contributed by atoms with E-state index in [9.17, 15) is 5.11 Å². The number of hydrogen-bond donors (Lipinski definition) is 1. The topological polar surface area (TPSA) is 66.9 Å². The first kappa shape index (κ1) is 27.7. The van der Waals surface area contributed by atoms with Crippen molar-refractivity contribution in [3.05, 3.63) is 35.5 Å². The molecule has 1 N–H and O–H groups in total. The van der Waals surface area contributed by atoms with Gasteiger partial charge in [-0.15, -0.1) is 0 Å². The lowest BCUT2D eigenvalue weighted by Crippen LogP contribution is -2.53. The Balaban J connectivity index is 1.39. The van der Waals surface area contributed by atoms with Crippen LogP contribution in [-0.2, 0) is 16.0 Å². The lowest BCUT2D eigenvalue weighted by molar-refractivity contribution is -0.113. The second-order valence-corrected chi connectivity index (χ2v) is 12.4. The van der Waals surface area contributed by atoms with Crippen molar-refractivity contribution in [1.29, 1.82) is 0 Å². The zero-order valence-corrected chi connectivity index (χ0v) is 24.3. The van der Waals surface area contributed by atoms with Crippen LogP contribution < -0.4 is 9.47 Å². The van der Waals surface area contributed by atoms with E-state index in [1.165, 1.54) is 11.3 Å². The van der Waals surface area contributed by atoms with E-state index in [1.807, 2.05) is 20.3 Å². The number of aliphatic hydroxyl groups excluding tert-OH is 1. The highest BCUT2D eigenvalue weighted by molar-refractivity contribution is 5.38. The number of likely N-dealkylation sites (tertiary alicyclic amines) is 1. The molecule has 8 nitrogen and oxygen atoms in total. The number of fused-ring (bicyclic) bond motifs is 3. The van der Waals surface area contributed by atoms with Gasteiger partial charge in [0, 0.05) is 58.6 Å². The monoisotopic (exact) mass is 529 g/mol. The Kier molecular flexibility index (Phi) is 7.74. The minimum Gasteiger partial charge on any atom is -0.497 e. The van der Waals surface area contributed by atoms with E-state index >= 15 is 0 Å². The smallest absolute Gasteiger partial charge is 0.186 e. The van der Waals surface area contributed by atoms with Gasteiger partial charge in [0.1, 0.15) is 11.5 Å². The molecule has 8 heteroatoms. The van der Waals surface area contributed by atoms with Crippen LogP contribution >= 0.6 is 0 Å². The number of hydrogen-bond acceptors (Lipinski definition) is 8. The van der Waals surface area contributed by atoms with E-state index in [0.717, 1.165) is 63.4 Å². The van der Waals surface area contributed by atoms with Crippen molar-refractivity contribution in [2.75, 3.05) is 55.1 Å².